The average molecular weight is 283 g/mol. The molecule has 0 spiro atoms. The van der Waals surface area contributed by atoms with E-state index in [0.29, 0.717) is 6.54 Å². The molecule has 2 amide bonds. The molecule has 0 saturated carbocycles. The van der Waals surface area contributed by atoms with Gasteiger partial charge in [0.15, 0.2) is 0 Å². The second-order valence-electron chi connectivity index (χ2n) is 4.75. The SMILES string of the molecule is COc1ccc(NC(=O)N2CCNc3ccccc32)cc1. The van der Waals surface area contributed by atoms with Crippen LogP contribution in [0.25, 0.3) is 0 Å². The topological polar surface area (TPSA) is 53.6 Å². The monoisotopic (exact) mass is 283 g/mol. The van der Waals surface area contributed by atoms with Crippen molar-refractivity contribution >= 4 is 23.1 Å². The Labute approximate surface area is 123 Å². The third kappa shape index (κ3) is 2.76. The number of methoxy groups -OCH3 is 1. The Bertz CT molecular complexity index is 640. The van der Waals surface area contributed by atoms with Gasteiger partial charge in [0.05, 0.1) is 18.5 Å². The first kappa shape index (κ1) is 13.3. The maximum atomic E-state index is 12.4. The minimum Gasteiger partial charge on any atom is -0.497 e. The van der Waals surface area contributed by atoms with E-state index in [2.05, 4.69) is 10.6 Å². The van der Waals surface area contributed by atoms with Gasteiger partial charge in [-0.15, -0.1) is 0 Å². The molecule has 0 unspecified atom stereocenters. The molecule has 21 heavy (non-hydrogen) atoms. The first-order chi connectivity index (χ1) is 10.3. The van der Waals surface area contributed by atoms with Crippen molar-refractivity contribution in [1.29, 1.82) is 0 Å². The van der Waals surface area contributed by atoms with Crippen molar-refractivity contribution in [3.8, 4) is 5.75 Å². The number of hydrogen-bond donors (Lipinski definition) is 2. The Morgan fingerprint density at radius 1 is 1.19 bits per heavy atom. The van der Waals surface area contributed by atoms with Crippen LogP contribution in [0.1, 0.15) is 0 Å². The highest BCUT2D eigenvalue weighted by atomic mass is 16.5. The van der Waals surface area contributed by atoms with Crippen molar-refractivity contribution in [3.05, 3.63) is 48.5 Å². The van der Waals surface area contributed by atoms with Gasteiger partial charge in [-0.25, -0.2) is 4.79 Å². The smallest absolute Gasteiger partial charge is 0.326 e. The lowest BCUT2D eigenvalue weighted by Gasteiger charge is -2.30. The van der Waals surface area contributed by atoms with Gasteiger partial charge in [-0.1, -0.05) is 12.1 Å². The summed E-state index contributed by atoms with van der Waals surface area (Å²) in [4.78, 5) is 14.2. The Balaban J connectivity index is 1.76. The second kappa shape index (κ2) is 5.75. The molecule has 0 fully saturated rings. The molecule has 2 aromatic rings. The lowest BCUT2D eigenvalue weighted by Crippen LogP contribution is -2.41. The second-order valence-corrected chi connectivity index (χ2v) is 4.75. The molecule has 108 valence electrons. The number of rotatable bonds is 2. The Hall–Kier alpha value is -2.69. The molecular formula is C16H17N3O2. The van der Waals surface area contributed by atoms with Crippen LogP contribution in [0, 0.1) is 0 Å². The highest BCUT2D eigenvalue weighted by Crippen LogP contribution is 2.29. The van der Waals surface area contributed by atoms with Gasteiger partial charge in [-0.3, -0.25) is 4.90 Å². The van der Waals surface area contributed by atoms with Crippen LogP contribution in [0.2, 0.25) is 0 Å². The molecule has 0 aromatic heterocycles. The van der Waals surface area contributed by atoms with Crippen LogP contribution in [-0.4, -0.2) is 26.2 Å². The summed E-state index contributed by atoms with van der Waals surface area (Å²) in [7, 11) is 1.62. The fourth-order valence-electron chi connectivity index (χ4n) is 2.36. The Morgan fingerprint density at radius 2 is 1.95 bits per heavy atom. The number of hydrogen-bond acceptors (Lipinski definition) is 3. The first-order valence-corrected chi connectivity index (χ1v) is 6.83. The molecule has 0 bridgehead atoms. The normalized spacial score (nSPS) is 13.1. The number of amides is 2. The number of para-hydroxylation sites is 2. The maximum absolute atomic E-state index is 12.4. The number of ether oxygens (including phenoxy) is 1. The Kier molecular flexibility index (Phi) is 3.64. The van der Waals surface area contributed by atoms with Crippen molar-refractivity contribution in [2.75, 3.05) is 35.7 Å². The van der Waals surface area contributed by atoms with Gasteiger partial charge in [-0.05, 0) is 36.4 Å². The molecule has 5 heteroatoms. The molecule has 1 aliphatic rings. The van der Waals surface area contributed by atoms with Gasteiger partial charge in [0.25, 0.3) is 0 Å². The average Bonchev–Trinajstić information content (AvgIpc) is 2.55. The molecule has 0 radical (unpaired) electrons. The zero-order chi connectivity index (χ0) is 14.7. The molecule has 0 aliphatic carbocycles. The van der Waals surface area contributed by atoms with Crippen molar-refractivity contribution in [2.45, 2.75) is 0 Å². The standard InChI is InChI=1S/C16H17N3O2/c1-21-13-8-6-12(7-9-13)18-16(20)19-11-10-17-14-4-2-3-5-15(14)19/h2-9,17H,10-11H2,1H3,(H,18,20). The van der Waals surface area contributed by atoms with Crippen LogP contribution in [0.4, 0.5) is 21.9 Å². The number of fused-ring (bicyclic) bond motifs is 1. The summed E-state index contributed by atoms with van der Waals surface area (Å²) >= 11 is 0. The molecular weight excluding hydrogens is 266 g/mol. The van der Waals surface area contributed by atoms with Gasteiger partial charge >= 0.3 is 6.03 Å². The molecule has 0 atom stereocenters. The van der Waals surface area contributed by atoms with Gasteiger partial charge in [0.2, 0.25) is 0 Å². The van der Waals surface area contributed by atoms with Crippen LogP contribution >= 0.6 is 0 Å². The van der Waals surface area contributed by atoms with E-state index in [1.807, 2.05) is 48.5 Å². The van der Waals surface area contributed by atoms with E-state index in [-0.39, 0.29) is 6.03 Å². The number of carbonyl (C=O) groups is 1. The van der Waals surface area contributed by atoms with E-state index in [1.54, 1.807) is 12.0 Å². The zero-order valence-electron chi connectivity index (χ0n) is 11.8. The van der Waals surface area contributed by atoms with Crippen LogP contribution in [0.3, 0.4) is 0 Å². The molecule has 5 nitrogen and oxygen atoms in total. The summed E-state index contributed by atoms with van der Waals surface area (Å²) < 4.78 is 5.11. The molecule has 1 heterocycles. The number of urea groups is 1. The lowest BCUT2D eigenvalue weighted by molar-refractivity contribution is 0.257. The minimum atomic E-state index is -0.130. The van der Waals surface area contributed by atoms with E-state index in [9.17, 15) is 4.79 Å². The number of carbonyl (C=O) groups excluding carboxylic acids is 1. The number of benzene rings is 2. The van der Waals surface area contributed by atoms with E-state index in [0.717, 1.165) is 29.4 Å². The van der Waals surface area contributed by atoms with Crippen LogP contribution in [-0.2, 0) is 0 Å². The third-order valence-electron chi connectivity index (χ3n) is 3.43. The third-order valence-corrected chi connectivity index (χ3v) is 3.43. The van der Waals surface area contributed by atoms with Gasteiger partial charge in [-0.2, -0.15) is 0 Å². The highest BCUT2D eigenvalue weighted by molar-refractivity contribution is 6.04. The van der Waals surface area contributed by atoms with Crippen molar-refractivity contribution < 1.29 is 9.53 Å². The summed E-state index contributed by atoms with van der Waals surface area (Å²) in [6.45, 7) is 1.38. The quantitative estimate of drug-likeness (QED) is 0.890. The molecule has 1 aliphatic heterocycles. The van der Waals surface area contributed by atoms with Crippen molar-refractivity contribution in [3.63, 3.8) is 0 Å². The lowest BCUT2D eigenvalue weighted by atomic mass is 10.2. The van der Waals surface area contributed by atoms with E-state index >= 15 is 0 Å². The molecule has 2 N–H and O–H groups in total. The van der Waals surface area contributed by atoms with E-state index in [4.69, 9.17) is 4.74 Å². The largest absolute Gasteiger partial charge is 0.497 e. The van der Waals surface area contributed by atoms with Crippen molar-refractivity contribution in [1.82, 2.24) is 0 Å². The number of nitrogens with one attached hydrogen (secondary N) is 2. The summed E-state index contributed by atoms with van der Waals surface area (Å²) in [6.07, 6.45) is 0. The number of nitrogens with zero attached hydrogens (tertiary/aromatic N) is 1. The van der Waals surface area contributed by atoms with Crippen LogP contribution in [0.15, 0.2) is 48.5 Å². The fourth-order valence-corrected chi connectivity index (χ4v) is 2.36. The number of anilines is 3. The summed E-state index contributed by atoms with van der Waals surface area (Å²) in [5.74, 6) is 0.764. The highest BCUT2D eigenvalue weighted by Gasteiger charge is 2.21. The predicted octanol–water partition coefficient (Wildman–Crippen LogP) is 3.16. The zero-order valence-corrected chi connectivity index (χ0v) is 11.8. The first-order valence-electron chi connectivity index (χ1n) is 6.83. The van der Waals surface area contributed by atoms with Gasteiger partial charge in [0, 0.05) is 18.8 Å². The van der Waals surface area contributed by atoms with E-state index in [1.165, 1.54) is 0 Å². The molecule has 3 rings (SSSR count). The fraction of sp³-hybridized carbons (Fsp3) is 0.188. The summed E-state index contributed by atoms with van der Waals surface area (Å²) in [5.41, 5.74) is 2.63. The van der Waals surface area contributed by atoms with Gasteiger partial charge < -0.3 is 15.4 Å². The summed E-state index contributed by atoms with van der Waals surface area (Å²) in [5, 5.41) is 6.20. The molecule has 0 saturated heterocycles. The predicted molar refractivity (Wildman–Crippen MR) is 84.3 cm³/mol. The maximum Gasteiger partial charge on any atom is 0.326 e. The van der Waals surface area contributed by atoms with Crippen LogP contribution in [0.5, 0.6) is 5.75 Å². The minimum absolute atomic E-state index is 0.130. The van der Waals surface area contributed by atoms with Crippen LogP contribution < -0.4 is 20.3 Å². The summed E-state index contributed by atoms with van der Waals surface area (Å²) in [6, 6.07) is 15.0. The van der Waals surface area contributed by atoms with E-state index < -0.39 is 0 Å². The van der Waals surface area contributed by atoms with Crippen molar-refractivity contribution in [2.24, 2.45) is 0 Å². The van der Waals surface area contributed by atoms with Gasteiger partial charge in [0.1, 0.15) is 5.75 Å². The molecule has 2 aromatic carbocycles. The Morgan fingerprint density at radius 3 is 2.71 bits per heavy atom.